The van der Waals surface area contributed by atoms with Gasteiger partial charge < -0.3 is 10.6 Å². The minimum absolute atomic E-state index is 0.136. The standard InChI is InChI=1S/C17H34N2O2/c1-3-5-7-9-12-16(20)18-14-11-15-19-17(21)13-10-8-6-4-2/h3-15H2,1-2H3,(H,18,20)(H,19,21). The Balaban J connectivity index is 3.30. The summed E-state index contributed by atoms with van der Waals surface area (Å²) in [6.45, 7) is 5.64. The molecule has 4 nitrogen and oxygen atoms in total. The summed E-state index contributed by atoms with van der Waals surface area (Å²) in [5.74, 6) is 0.272. The van der Waals surface area contributed by atoms with Crippen LogP contribution in [0.2, 0.25) is 0 Å². The van der Waals surface area contributed by atoms with E-state index in [9.17, 15) is 9.59 Å². The van der Waals surface area contributed by atoms with E-state index in [1.165, 1.54) is 25.7 Å². The van der Waals surface area contributed by atoms with Gasteiger partial charge in [0.15, 0.2) is 0 Å². The number of hydrogen-bond donors (Lipinski definition) is 2. The molecule has 0 rings (SSSR count). The van der Waals surface area contributed by atoms with Crippen LogP contribution in [0.4, 0.5) is 0 Å². The number of carbonyl (C=O) groups is 2. The number of amides is 2. The molecule has 0 aromatic heterocycles. The predicted molar refractivity (Wildman–Crippen MR) is 88.2 cm³/mol. The Kier molecular flexibility index (Phi) is 14.6. The number of rotatable bonds is 14. The van der Waals surface area contributed by atoms with Crippen LogP contribution in [0, 0.1) is 0 Å². The summed E-state index contributed by atoms with van der Waals surface area (Å²) in [4.78, 5) is 23.0. The first-order chi connectivity index (χ1) is 10.2. The molecule has 0 unspecified atom stereocenters. The van der Waals surface area contributed by atoms with Crippen LogP contribution in [0.25, 0.3) is 0 Å². The molecule has 0 heterocycles. The molecular weight excluding hydrogens is 264 g/mol. The van der Waals surface area contributed by atoms with E-state index in [1.54, 1.807) is 0 Å². The highest BCUT2D eigenvalue weighted by Crippen LogP contribution is 2.02. The van der Waals surface area contributed by atoms with Crippen LogP contribution < -0.4 is 10.6 Å². The molecule has 4 heteroatoms. The minimum atomic E-state index is 0.136. The first-order valence-electron chi connectivity index (χ1n) is 8.74. The molecule has 0 saturated heterocycles. The fourth-order valence-corrected chi connectivity index (χ4v) is 2.15. The lowest BCUT2D eigenvalue weighted by Gasteiger charge is -2.07. The van der Waals surface area contributed by atoms with Gasteiger partial charge in [-0.3, -0.25) is 9.59 Å². The van der Waals surface area contributed by atoms with E-state index in [1.807, 2.05) is 0 Å². The van der Waals surface area contributed by atoms with Gasteiger partial charge in [0.2, 0.25) is 11.8 Å². The Morgan fingerprint density at radius 1 is 0.619 bits per heavy atom. The quantitative estimate of drug-likeness (QED) is 0.482. The zero-order chi connectivity index (χ0) is 15.8. The number of nitrogens with one attached hydrogen (secondary N) is 2. The second-order valence-corrected chi connectivity index (χ2v) is 5.67. The third-order valence-electron chi connectivity index (χ3n) is 3.51. The van der Waals surface area contributed by atoms with Gasteiger partial charge in [-0.05, 0) is 19.3 Å². The zero-order valence-electron chi connectivity index (χ0n) is 14.0. The largest absolute Gasteiger partial charge is 0.356 e. The van der Waals surface area contributed by atoms with E-state index < -0.39 is 0 Å². The van der Waals surface area contributed by atoms with Gasteiger partial charge in [-0.25, -0.2) is 0 Å². The highest BCUT2D eigenvalue weighted by molar-refractivity contribution is 5.76. The SMILES string of the molecule is CCCCCCC(=O)NCCCNC(=O)CCCCCC. The van der Waals surface area contributed by atoms with Crippen molar-refractivity contribution in [1.29, 1.82) is 0 Å². The van der Waals surface area contributed by atoms with Crippen molar-refractivity contribution >= 4 is 11.8 Å². The van der Waals surface area contributed by atoms with Crippen molar-refractivity contribution in [1.82, 2.24) is 10.6 Å². The van der Waals surface area contributed by atoms with Crippen LogP contribution >= 0.6 is 0 Å². The first kappa shape index (κ1) is 19.9. The maximum Gasteiger partial charge on any atom is 0.219 e. The topological polar surface area (TPSA) is 58.2 Å². The molecule has 0 fully saturated rings. The van der Waals surface area contributed by atoms with Crippen molar-refractivity contribution < 1.29 is 9.59 Å². The fraction of sp³-hybridized carbons (Fsp3) is 0.882. The van der Waals surface area contributed by atoms with Crippen molar-refractivity contribution in [2.45, 2.75) is 84.5 Å². The van der Waals surface area contributed by atoms with Gasteiger partial charge in [0.05, 0.1) is 0 Å². The molecule has 2 N–H and O–H groups in total. The van der Waals surface area contributed by atoms with Crippen LogP contribution in [0.15, 0.2) is 0 Å². The van der Waals surface area contributed by atoms with Crippen LogP contribution in [0.3, 0.4) is 0 Å². The van der Waals surface area contributed by atoms with E-state index in [2.05, 4.69) is 24.5 Å². The van der Waals surface area contributed by atoms with Gasteiger partial charge in [0.25, 0.3) is 0 Å². The molecule has 21 heavy (non-hydrogen) atoms. The normalized spacial score (nSPS) is 10.4. The van der Waals surface area contributed by atoms with Crippen molar-refractivity contribution in [3.63, 3.8) is 0 Å². The molecule has 0 radical (unpaired) electrons. The molecule has 0 spiro atoms. The summed E-state index contributed by atoms with van der Waals surface area (Å²) in [7, 11) is 0. The van der Waals surface area contributed by atoms with E-state index >= 15 is 0 Å². The molecule has 2 amide bonds. The van der Waals surface area contributed by atoms with E-state index in [0.29, 0.717) is 25.9 Å². The third-order valence-corrected chi connectivity index (χ3v) is 3.51. The van der Waals surface area contributed by atoms with Gasteiger partial charge in [0.1, 0.15) is 0 Å². The molecule has 0 aliphatic rings. The average Bonchev–Trinajstić information content (AvgIpc) is 2.48. The van der Waals surface area contributed by atoms with Crippen molar-refractivity contribution in [3.8, 4) is 0 Å². The Bertz CT molecular complexity index is 242. The van der Waals surface area contributed by atoms with Crippen molar-refractivity contribution in [3.05, 3.63) is 0 Å². The van der Waals surface area contributed by atoms with Crippen molar-refractivity contribution in [2.75, 3.05) is 13.1 Å². The summed E-state index contributed by atoms with van der Waals surface area (Å²) >= 11 is 0. The van der Waals surface area contributed by atoms with E-state index in [4.69, 9.17) is 0 Å². The molecule has 0 aromatic carbocycles. The van der Waals surface area contributed by atoms with Crippen LogP contribution in [0.1, 0.15) is 84.5 Å². The summed E-state index contributed by atoms with van der Waals surface area (Å²) in [6, 6.07) is 0. The summed E-state index contributed by atoms with van der Waals surface area (Å²) in [5.41, 5.74) is 0. The maximum atomic E-state index is 11.5. The smallest absolute Gasteiger partial charge is 0.219 e. The zero-order valence-corrected chi connectivity index (χ0v) is 14.0. The van der Waals surface area contributed by atoms with Gasteiger partial charge >= 0.3 is 0 Å². The molecule has 0 aliphatic carbocycles. The number of hydrogen-bond acceptors (Lipinski definition) is 2. The number of carbonyl (C=O) groups excluding carboxylic acids is 2. The van der Waals surface area contributed by atoms with Crippen molar-refractivity contribution in [2.24, 2.45) is 0 Å². The lowest BCUT2D eigenvalue weighted by Crippen LogP contribution is -2.29. The second kappa shape index (κ2) is 15.3. The monoisotopic (exact) mass is 298 g/mol. The van der Waals surface area contributed by atoms with Gasteiger partial charge in [-0.15, -0.1) is 0 Å². The van der Waals surface area contributed by atoms with Crippen LogP contribution in [-0.4, -0.2) is 24.9 Å². The Labute approximate surface area is 130 Å². The minimum Gasteiger partial charge on any atom is -0.356 e. The summed E-state index contributed by atoms with van der Waals surface area (Å²) in [5, 5.41) is 5.81. The van der Waals surface area contributed by atoms with E-state index in [0.717, 1.165) is 32.1 Å². The lowest BCUT2D eigenvalue weighted by atomic mass is 10.1. The maximum absolute atomic E-state index is 11.5. The highest BCUT2D eigenvalue weighted by atomic mass is 16.2. The van der Waals surface area contributed by atoms with Crippen LogP contribution in [0.5, 0.6) is 0 Å². The average molecular weight is 298 g/mol. The molecule has 0 atom stereocenters. The van der Waals surface area contributed by atoms with Crippen LogP contribution in [-0.2, 0) is 9.59 Å². The van der Waals surface area contributed by atoms with Gasteiger partial charge in [-0.2, -0.15) is 0 Å². The van der Waals surface area contributed by atoms with Gasteiger partial charge in [-0.1, -0.05) is 52.4 Å². The molecule has 124 valence electrons. The predicted octanol–water partition coefficient (Wildman–Crippen LogP) is 3.55. The summed E-state index contributed by atoms with van der Waals surface area (Å²) < 4.78 is 0. The number of unbranched alkanes of at least 4 members (excludes halogenated alkanes) is 6. The molecule has 0 aliphatic heterocycles. The molecule has 0 aromatic rings. The Morgan fingerprint density at radius 2 is 1.05 bits per heavy atom. The first-order valence-corrected chi connectivity index (χ1v) is 8.74. The van der Waals surface area contributed by atoms with E-state index in [-0.39, 0.29) is 11.8 Å². The second-order valence-electron chi connectivity index (χ2n) is 5.67. The van der Waals surface area contributed by atoms with Gasteiger partial charge in [0, 0.05) is 25.9 Å². The lowest BCUT2D eigenvalue weighted by molar-refractivity contribution is -0.121. The third kappa shape index (κ3) is 15.2. The Hall–Kier alpha value is -1.06. The summed E-state index contributed by atoms with van der Waals surface area (Å²) in [6.07, 6.45) is 11.1. The molecule has 0 saturated carbocycles. The highest BCUT2D eigenvalue weighted by Gasteiger charge is 2.02. The fourth-order valence-electron chi connectivity index (χ4n) is 2.15. The Morgan fingerprint density at radius 3 is 1.43 bits per heavy atom. The molecular formula is C17H34N2O2. The molecule has 0 bridgehead atoms.